The zero-order valence-corrected chi connectivity index (χ0v) is 16.3. The Balaban J connectivity index is 1.52. The van der Waals surface area contributed by atoms with Gasteiger partial charge in [0.05, 0.1) is 24.0 Å². The molecule has 4 rings (SSSR count). The van der Waals surface area contributed by atoms with Crippen LogP contribution in [0.4, 0.5) is 5.82 Å². The van der Waals surface area contributed by atoms with Crippen LogP contribution in [-0.2, 0) is 11.3 Å². The summed E-state index contributed by atoms with van der Waals surface area (Å²) >= 11 is 0. The summed E-state index contributed by atoms with van der Waals surface area (Å²) in [6, 6.07) is 19.1. The number of benzene rings is 2. The number of aromatic nitrogens is 3. The first kappa shape index (κ1) is 18.6. The lowest BCUT2D eigenvalue weighted by Gasteiger charge is -2.06. The minimum Gasteiger partial charge on any atom is -0.496 e. The van der Waals surface area contributed by atoms with Gasteiger partial charge in [0.2, 0.25) is 0 Å². The molecule has 0 fully saturated rings. The van der Waals surface area contributed by atoms with Gasteiger partial charge in [-0.3, -0.25) is 9.89 Å². The Morgan fingerprint density at radius 3 is 2.72 bits per heavy atom. The third-order valence-corrected chi connectivity index (χ3v) is 4.68. The first-order chi connectivity index (χ1) is 14.2. The maximum Gasteiger partial charge on any atom is 0.263 e. The third kappa shape index (κ3) is 3.80. The highest BCUT2D eigenvalue weighted by Crippen LogP contribution is 2.33. The number of ether oxygens (including phenoxy) is 2. The molecule has 0 unspecified atom stereocenters. The number of amides is 1. The van der Waals surface area contributed by atoms with Crippen LogP contribution >= 0.6 is 0 Å². The monoisotopic (exact) mass is 390 g/mol. The molecule has 0 aliphatic carbocycles. The third-order valence-electron chi connectivity index (χ3n) is 4.68. The summed E-state index contributed by atoms with van der Waals surface area (Å²) in [5.41, 5.74) is 2.86. The molecule has 2 aromatic carbocycles. The Hall–Kier alpha value is -3.74. The number of nitrogens with zero attached hydrogens (tertiary/aromatic N) is 2. The number of methoxy groups -OCH3 is 1. The molecular formula is C22H22N4O3. The minimum atomic E-state index is -0.274. The van der Waals surface area contributed by atoms with Crippen LogP contribution in [0.1, 0.15) is 6.92 Å². The fraction of sp³-hybridized carbons (Fsp3) is 0.182. The smallest absolute Gasteiger partial charge is 0.263 e. The highest BCUT2D eigenvalue weighted by molar-refractivity contribution is 5.93. The second-order valence-electron chi connectivity index (χ2n) is 6.48. The number of carbonyl (C=O) groups excluding carboxylic acids is 1. The molecule has 0 aliphatic heterocycles. The summed E-state index contributed by atoms with van der Waals surface area (Å²) in [4.78, 5) is 12.2. The average Bonchev–Trinajstić information content (AvgIpc) is 3.36. The maximum atomic E-state index is 12.2. The number of rotatable bonds is 7. The Labute approximate surface area is 168 Å². The molecule has 0 spiro atoms. The molecule has 7 nitrogen and oxygen atoms in total. The molecule has 0 bridgehead atoms. The van der Waals surface area contributed by atoms with Gasteiger partial charge in [-0.2, -0.15) is 5.10 Å². The molecular weight excluding hydrogens is 368 g/mol. The number of nitrogens with one attached hydrogen (secondary N) is 2. The summed E-state index contributed by atoms with van der Waals surface area (Å²) in [5, 5.41) is 11.0. The summed E-state index contributed by atoms with van der Waals surface area (Å²) in [5.74, 6) is 1.64. The molecule has 148 valence electrons. The van der Waals surface area contributed by atoms with E-state index < -0.39 is 0 Å². The molecule has 1 amide bonds. The van der Waals surface area contributed by atoms with Crippen LogP contribution in [0.3, 0.4) is 0 Å². The first-order valence-electron chi connectivity index (χ1n) is 9.39. The number of hydrogen-bond donors (Lipinski definition) is 2. The summed E-state index contributed by atoms with van der Waals surface area (Å²) < 4.78 is 13.1. The van der Waals surface area contributed by atoms with Gasteiger partial charge in [0.15, 0.2) is 12.4 Å². The summed E-state index contributed by atoms with van der Waals surface area (Å²) in [7, 11) is 1.67. The van der Waals surface area contributed by atoms with Crippen molar-refractivity contribution in [2.75, 3.05) is 19.0 Å². The van der Waals surface area contributed by atoms with Crippen LogP contribution in [0.5, 0.6) is 11.5 Å². The van der Waals surface area contributed by atoms with E-state index in [1.807, 2.05) is 36.4 Å². The van der Waals surface area contributed by atoms with Gasteiger partial charge in [-0.1, -0.05) is 24.3 Å². The molecule has 0 aliphatic rings. The first-order valence-corrected chi connectivity index (χ1v) is 9.39. The lowest BCUT2D eigenvalue weighted by molar-refractivity contribution is -0.118. The number of hydrogen-bond acceptors (Lipinski definition) is 4. The predicted molar refractivity (Wildman–Crippen MR) is 112 cm³/mol. The van der Waals surface area contributed by atoms with E-state index in [2.05, 4.69) is 39.1 Å². The van der Waals surface area contributed by atoms with Gasteiger partial charge < -0.3 is 19.4 Å². The molecule has 7 heteroatoms. The van der Waals surface area contributed by atoms with Crippen LogP contribution in [0.25, 0.3) is 22.3 Å². The molecule has 2 heterocycles. The zero-order chi connectivity index (χ0) is 20.2. The summed E-state index contributed by atoms with van der Waals surface area (Å²) in [6.45, 7) is 2.79. The number of aryl methyl sites for hydroxylation is 1. The van der Waals surface area contributed by atoms with E-state index in [0.29, 0.717) is 11.6 Å². The van der Waals surface area contributed by atoms with E-state index in [4.69, 9.17) is 9.47 Å². The molecule has 29 heavy (non-hydrogen) atoms. The standard InChI is InChI=1S/C22H22N4O3/c1-3-26-18-10-7-11-20(28-2)16(18)12-19(26)17-13-21(25-24-17)23-22(27)14-29-15-8-5-4-6-9-15/h4-13H,3,14H2,1-2H3,(H2,23,24,25,27). The van der Waals surface area contributed by atoms with Gasteiger partial charge in [-0.15, -0.1) is 0 Å². The molecule has 4 aromatic rings. The van der Waals surface area contributed by atoms with E-state index in [1.54, 1.807) is 19.2 Å². The quantitative estimate of drug-likeness (QED) is 0.498. The van der Waals surface area contributed by atoms with Gasteiger partial charge in [-0.25, -0.2) is 0 Å². The van der Waals surface area contributed by atoms with Gasteiger partial charge in [0, 0.05) is 18.0 Å². The number of H-pyrrole nitrogens is 1. The Kier molecular flexibility index (Phi) is 5.20. The lowest BCUT2D eigenvalue weighted by atomic mass is 10.2. The summed E-state index contributed by atoms with van der Waals surface area (Å²) in [6.07, 6.45) is 0. The fourth-order valence-corrected chi connectivity index (χ4v) is 3.36. The van der Waals surface area contributed by atoms with E-state index in [-0.39, 0.29) is 12.5 Å². The number of fused-ring (bicyclic) bond motifs is 1. The van der Waals surface area contributed by atoms with Crippen molar-refractivity contribution in [2.45, 2.75) is 13.5 Å². The molecule has 0 saturated carbocycles. The highest BCUT2D eigenvalue weighted by atomic mass is 16.5. The Morgan fingerprint density at radius 2 is 1.97 bits per heavy atom. The van der Waals surface area contributed by atoms with E-state index in [0.717, 1.165) is 34.6 Å². The molecule has 0 radical (unpaired) electrons. The largest absolute Gasteiger partial charge is 0.496 e. The highest BCUT2D eigenvalue weighted by Gasteiger charge is 2.15. The van der Waals surface area contributed by atoms with Crippen molar-refractivity contribution in [1.29, 1.82) is 0 Å². The van der Waals surface area contributed by atoms with Gasteiger partial charge >= 0.3 is 0 Å². The van der Waals surface area contributed by atoms with E-state index >= 15 is 0 Å². The fourth-order valence-electron chi connectivity index (χ4n) is 3.36. The van der Waals surface area contributed by atoms with Crippen molar-refractivity contribution in [1.82, 2.24) is 14.8 Å². The van der Waals surface area contributed by atoms with Crippen molar-refractivity contribution in [3.05, 3.63) is 60.7 Å². The van der Waals surface area contributed by atoms with E-state index in [9.17, 15) is 4.79 Å². The number of anilines is 1. The maximum absolute atomic E-state index is 12.2. The lowest BCUT2D eigenvalue weighted by Crippen LogP contribution is -2.20. The SMILES string of the molecule is CCn1c(-c2cc(NC(=O)COc3ccccc3)n[nH]2)cc2c(OC)cccc21. The minimum absolute atomic E-state index is 0.0847. The van der Waals surface area contributed by atoms with E-state index in [1.165, 1.54) is 0 Å². The van der Waals surface area contributed by atoms with Crippen LogP contribution in [0.15, 0.2) is 60.7 Å². The van der Waals surface area contributed by atoms with Crippen molar-refractivity contribution < 1.29 is 14.3 Å². The topological polar surface area (TPSA) is 81.2 Å². The van der Waals surface area contributed by atoms with Gasteiger partial charge in [0.25, 0.3) is 5.91 Å². The normalized spacial score (nSPS) is 10.8. The Bertz CT molecular complexity index is 1130. The molecule has 2 N–H and O–H groups in total. The van der Waals surface area contributed by atoms with Crippen molar-refractivity contribution in [3.63, 3.8) is 0 Å². The predicted octanol–water partition coefficient (Wildman–Crippen LogP) is 4.08. The van der Waals surface area contributed by atoms with Crippen LogP contribution in [0, 0.1) is 0 Å². The molecule has 2 aromatic heterocycles. The zero-order valence-electron chi connectivity index (χ0n) is 16.3. The van der Waals surface area contributed by atoms with Gasteiger partial charge in [0.1, 0.15) is 11.5 Å². The number of aromatic amines is 1. The van der Waals surface area contributed by atoms with Crippen molar-refractivity contribution in [3.8, 4) is 22.9 Å². The number of para-hydroxylation sites is 1. The van der Waals surface area contributed by atoms with Crippen LogP contribution in [-0.4, -0.2) is 34.4 Å². The van der Waals surface area contributed by atoms with Crippen LogP contribution < -0.4 is 14.8 Å². The number of carbonyl (C=O) groups is 1. The van der Waals surface area contributed by atoms with Crippen LogP contribution in [0.2, 0.25) is 0 Å². The molecule has 0 atom stereocenters. The average molecular weight is 390 g/mol. The Morgan fingerprint density at radius 1 is 1.14 bits per heavy atom. The second-order valence-corrected chi connectivity index (χ2v) is 6.48. The second kappa shape index (κ2) is 8.10. The van der Waals surface area contributed by atoms with Gasteiger partial charge in [-0.05, 0) is 37.3 Å². The molecule has 0 saturated heterocycles. The van der Waals surface area contributed by atoms with Crippen molar-refractivity contribution >= 4 is 22.6 Å². The van der Waals surface area contributed by atoms with Crippen molar-refractivity contribution in [2.24, 2.45) is 0 Å².